The molecular formula is C32H49N3O7. The van der Waals surface area contributed by atoms with Crippen LogP contribution >= 0.6 is 0 Å². The zero-order chi connectivity index (χ0) is 30.3. The van der Waals surface area contributed by atoms with E-state index in [2.05, 4.69) is 18.5 Å². The van der Waals surface area contributed by atoms with E-state index in [-0.39, 0.29) is 36.9 Å². The molecule has 10 heteroatoms. The second-order valence-electron chi connectivity index (χ2n) is 12.3. The molecule has 2 bridgehead atoms. The molecule has 2 N–H and O–H groups in total. The Balaban J connectivity index is 1.55. The number of rotatable bonds is 16. The number of ether oxygens (including phenoxy) is 2. The van der Waals surface area contributed by atoms with Gasteiger partial charge in [-0.1, -0.05) is 31.4 Å². The maximum Gasteiger partial charge on any atom is 0.312 e. The summed E-state index contributed by atoms with van der Waals surface area (Å²) in [7, 11) is 0. The van der Waals surface area contributed by atoms with Crippen LogP contribution in [0.1, 0.15) is 84.0 Å². The summed E-state index contributed by atoms with van der Waals surface area (Å²) in [6.45, 7) is 10.2. The Morgan fingerprint density at radius 2 is 1.93 bits per heavy atom. The first kappa shape index (κ1) is 32.2. The lowest BCUT2D eigenvalue weighted by atomic mass is 9.70. The first-order valence-electron chi connectivity index (χ1n) is 15.9. The Labute approximate surface area is 249 Å². The number of carbonyl (C=O) groups is 4. The zero-order valence-electron chi connectivity index (χ0n) is 25.1. The van der Waals surface area contributed by atoms with Crippen molar-refractivity contribution in [2.75, 3.05) is 26.2 Å². The Morgan fingerprint density at radius 3 is 2.62 bits per heavy atom. The van der Waals surface area contributed by atoms with Crippen LogP contribution in [0.3, 0.4) is 0 Å². The molecule has 1 saturated carbocycles. The molecule has 4 fully saturated rings. The fourth-order valence-corrected chi connectivity index (χ4v) is 7.52. The maximum atomic E-state index is 14.5. The molecule has 0 aromatic heterocycles. The van der Waals surface area contributed by atoms with Gasteiger partial charge in [0, 0.05) is 32.2 Å². The van der Waals surface area contributed by atoms with E-state index in [1.165, 1.54) is 0 Å². The molecule has 0 aromatic rings. The normalized spacial score (nSPS) is 29.2. The summed E-state index contributed by atoms with van der Waals surface area (Å²) >= 11 is 0. The molecule has 10 nitrogen and oxygen atoms in total. The summed E-state index contributed by atoms with van der Waals surface area (Å²) in [4.78, 5) is 57.8. The first-order chi connectivity index (χ1) is 20.3. The summed E-state index contributed by atoms with van der Waals surface area (Å²) in [6, 6.07) is -0.719. The van der Waals surface area contributed by atoms with Crippen LogP contribution in [0.15, 0.2) is 25.3 Å². The molecule has 3 aliphatic heterocycles. The number of likely N-dealkylation sites (tertiary alicyclic amines) is 1. The van der Waals surface area contributed by atoms with Gasteiger partial charge >= 0.3 is 5.97 Å². The predicted octanol–water partition coefficient (Wildman–Crippen LogP) is 2.89. The van der Waals surface area contributed by atoms with Gasteiger partial charge in [0.2, 0.25) is 17.7 Å². The smallest absolute Gasteiger partial charge is 0.312 e. The molecule has 3 amide bonds. The summed E-state index contributed by atoms with van der Waals surface area (Å²) in [5.74, 6) is -2.60. The van der Waals surface area contributed by atoms with Crippen molar-refractivity contribution in [3.8, 4) is 0 Å². The summed E-state index contributed by atoms with van der Waals surface area (Å²) in [5.41, 5.74) is -1.07. The average Bonchev–Trinajstić information content (AvgIpc) is 3.63. The first-order valence-corrected chi connectivity index (χ1v) is 15.9. The van der Waals surface area contributed by atoms with E-state index in [4.69, 9.17) is 9.47 Å². The standard InChI is InChI=1S/C32H49N3O7/c1-4-6-15-25(37)33-21-22(3)41-31(40)26-24-16-17-32(42-24)27(26)29(38)35(19-11-8-12-20-36)28(32)30(39)34(18-5-2)23-13-9-7-10-14-23/h4-5,22-24,26-28,36H,1-2,6-21H2,3H3,(H,33,37)/t22-,24-,26+,27+,28-,32+/m1/s1. The van der Waals surface area contributed by atoms with Crippen LogP contribution in [0.4, 0.5) is 0 Å². The van der Waals surface area contributed by atoms with Gasteiger partial charge in [-0.3, -0.25) is 19.2 Å². The van der Waals surface area contributed by atoms with Gasteiger partial charge in [0.1, 0.15) is 17.7 Å². The van der Waals surface area contributed by atoms with E-state index in [0.717, 1.165) is 38.5 Å². The van der Waals surface area contributed by atoms with Gasteiger partial charge in [-0.15, -0.1) is 13.2 Å². The van der Waals surface area contributed by atoms with E-state index in [9.17, 15) is 24.3 Å². The van der Waals surface area contributed by atoms with E-state index >= 15 is 0 Å². The Bertz CT molecular complexity index is 1010. The van der Waals surface area contributed by atoms with Crippen LogP contribution in [0.2, 0.25) is 0 Å². The monoisotopic (exact) mass is 587 g/mol. The maximum absolute atomic E-state index is 14.5. The number of fused-ring (bicyclic) bond motifs is 1. The molecule has 0 unspecified atom stereocenters. The summed E-state index contributed by atoms with van der Waals surface area (Å²) in [6.07, 6.45) is 11.4. The summed E-state index contributed by atoms with van der Waals surface area (Å²) < 4.78 is 12.3. The number of carbonyl (C=O) groups excluding carboxylic acids is 4. The quantitative estimate of drug-likeness (QED) is 0.162. The molecule has 234 valence electrons. The fourth-order valence-electron chi connectivity index (χ4n) is 7.52. The van der Waals surface area contributed by atoms with Crippen molar-refractivity contribution in [3.63, 3.8) is 0 Å². The number of nitrogens with one attached hydrogen (secondary N) is 1. The SMILES string of the molecule is C=CCCC(=O)NC[C@@H](C)OC(=O)[C@@H]1[C@H]2C(=O)N(CCCCCO)[C@H](C(=O)N(CC=C)C3CCCCC3)[C@]23CC[C@H]1O3. The lowest BCUT2D eigenvalue weighted by Crippen LogP contribution is -2.58. The van der Waals surface area contributed by atoms with E-state index in [1.807, 2.05) is 4.90 Å². The van der Waals surface area contributed by atoms with Crippen LogP contribution in [-0.2, 0) is 28.7 Å². The van der Waals surface area contributed by atoms with E-state index < -0.39 is 41.7 Å². The third-order valence-corrected chi connectivity index (χ3v) is 9.47. The van der Waals surface area contributed by atoms with Gasteiger partial charge in [-0.05, 0) is 58.3 Å². The lowest BCUT2D eigenvalue weighted by molar-refractivity contribution is -0.159. The predicted molar refractivity (Wildman–Crippen MR) is 157 cm³/mol. The highest BCUT2D eigenvalue weighted by molar-refractivity contribution is 5.98. The lowest BCUT2D eigenvalue weighted by Gasteiger charge is -2.40. The number of allylic oxidation sites excluding steroid dienone is 1. The number of aliphatic hydroxyl groups is 1. The Hall–Kier alpha value is -2.72. The topological polar surface area (TPSA) is 125 Å². The number of nitrogens with zero attached hydrogens (tertiary/aromatic N) is 2. The van der Waals surface area contributed by atoms with Crippen LogP contribution in [0.25, 0.3) is 0 Å². The molecule has 0 radical (unpaired) electrons. The van der Waals surface area contributed by atoms with E-state index in [0.29, 0.717) is 51.6 Å². The largest absolute Gasteiger partial charge is 0.460 e. The Morgan fingerprint density at radius 1 is 1.17 bits per heavy atom. The minimum absolute atomic E-state index is 0.0727. The molecule has 4 rings (SSSR count). The molecule has 3 saturated heterocycles. The molecule has 42 heavy (non-hydrogen) atoms. The molecule has 6 atom stereocenters. The third-order valence-electron chi connectivity index (χ3n) is 9.47. The molecule has 0 aromatic carbocycles. The summed E-state index contributed by atoms with van der Waals surface area (Å²) in [5, 5.41) is 12.0. The van der Waals surface area contributed by atoms with Crippen molar-refractivity contribution < 1.29 is 33.8 Å². The minimum Gasteiger partial charge on any atom is -0.460 e. The van der Waals surface area contributed by atoms with Gasteiger partial charge in [0.15, 0.2) is 0 Å². The van der Waals surface area contributed by atoms with Crippen molar-refractivity contribution in [3.05, 3.63) is 25.3 Å². The molecule has 1 spiro atoms. The average molecular weight is 588 g/mol. The van der Waals surface area contributed by atoms with Crippen molar-refractivity contribution in [1.82, 2.24) is 15.1 Å². The van der Waals surface area contributed by atoms with Gasteiger partial charge in [0.05, 0.1) is 24.5 Å². The van der Waals surface area contributed by atoms with Crippen LogP contribution in [0, 0.1) is 11.8 Å². The number of hydrogen-bond donors (Lipinski definition) is 2. The number of hydrogen-bond acceptors (Lipinski definition) is 7. The molecule has 1 aliphatic carbocycles. The van der Waals surface area contributed by atoms with Gasteiger partial charge in [-0.25, -0.2) is 0 Å². The van der Waals surface area contributed by atoms with Gasteiger partial charge < -0.3 is 29.7 Å². The highest BCUT2D eigenvalue weighted by Crippen LogP contribution is 2.59. The number of aliphatic hydroxyl groups excluding tert-OH is 1. The van der Waals surface area contributed by atoms with Gasteiger partial charge in [-0.2, -0.15) is 0 Å². The van der Waals surface area contributed by atoms with Crippen molar-refractivity contribution in [2.24, 2.45) is 11.8 Å². The van der Waals surface area contributed by atoms with E-state index in [1.54, 1.807) is 24.0 Å². The Kier molecular flexibility index (Phi) is 11.2. The van der Waals surface area contributed by atoms with Crippen molar-refractivity contribution in [1.29, 1.82) is 0 Å². The minimum atomic E-state index is -1.07. The van der Waals surface area contributed by atoms with Crippen LogP contribution in [0.5, 0.6) is 0 Å². The highest BCUT2D eigenvalue weighted by Gasteiger charge is 2.75. The van der Waals surface area contributed by atoms with Crippen molar-refractivity contribution in [2.45, 2.75) is 114 Å². The molecule has 4 aliphatic rings. The van der Waals surface area contributed by atoms with Crippen molar-refractivity contribution >= 4 is 23.7 Å². The number of esters is 1. The second-order valence-corrected chi connectivity index (χ2v) is 12.3. The third kappa shape index (κ3) is 6.59. The van der Waals surface area contributed by atoms with Crippen LogP contribution < -0.4 is 5.32 Å². The highest BCUT2D eigenvalue weighted by atomic mass is 16.6. The van der Waals surface area contributed by atoms with Gasteiger partial charge in [0.25, 0.3) is 0 Å². The van der Waals surface area contributed by atoms with Crippen LogP contribution in [-0.4, -0.2) is 94.7 Å². The molecule has 3 heterocycles. The second kappa shape index (κ2) is 14.6. The number of amides is 3. The fraction of sp³-hybridized carbons (Fsp3) is 0.750. The zero-order valence-corrected chi connectivity index (χ0v) is 25.1. The number of unbranched alkanes of at least 4 members (excludes halogenated alkanes) is 2. The molecular weight excluding hydrogens is 538 g/mol.